The first-order chi connectivity index (χ1) is 9.38. The molecule has 0 aromatic rings. The van der Waals surface area contributed by atoms with Gasteiger partial charge in [-0.2, -0.15) is 0 Å². The van der Waals surface area contributed by atoms with Crippen LogP contribution in [0.2, 0.25) is 0 Å². The van der Waals surface area contributed by atoms with Gasteiger partial charge in [0.15, 0.2) is 0 Å². The minimum absolute atomic E-state index is 0.817. The van der Waals surface area contributed by atoms with Crippen LogP contribution < -0.4 is 5.32 Å². The highest BCUT2D eigenvalue weighted by molar-refractivity contribution is 4.77. The van der Waals surface area contributed by atoms with Gasteiger partial charge >= 0.3 is 0 Å². The smallest absolute Gasteiger partial charge is 0.0587 e. The first kappa shape index (κ1) is 15.2. The average molecular weight is 269 g/mol. The van der Waals surface area contributed by atoms with Crippen molar-refractivity contribution in [2.24, 2.45) is 5.92 Å². The number of hydrogen-bond donors (Lipinski definition) is 1. The molecule has 0 atom stereocenters. The maximum atomic E-state index is 5.03. The molecule has 2 rings (SSSR count). The Morgan fingerprint density at radius 2 is 1.74 bits per heavy atom. The van der Waals surface area contributed by atoms with E-state index in [1.54, 1.807) is 7.11 Å². The summed E-state index contributed by atoms with van der Waals surface area (Å²) in [5.41, 5.74) is 0. The lowest BCUT2D eigenvalue weighted by atomic mass is 9.96. The Labute approximate surface area is 118 Å². The van der Waals surface area contributed by atoms with Crippen LogP contribution in [-0.4, -0.2) is 75.9 Å². The molecule has 112 valence electrons. The number of ether oxygens (including phenoxy) is 1. The second-order valence-corrected chi connectivity index (χ2v) is 6.04. The summed E-state index contributed by atoms with van der Waals surface area (Å²) in [4.78, 5) is 5.28. The van der Waals surface area contributed by atoms with Crippen LogP contribution in [-0.2, 0) is 4.74 Å². The molecular weight excluding hydrogens is 238 g/mol. The third-order valence-corrected chi connectivity index (χ3v) is 4.51. The first-order valence-corrected chi connectivity index (χ1v) is 8.03. The number of piperidine rings is 1. The van der Waals surface area contributed by atoms with Crippen LogP contribution in [0.5, 0.6) is 0 Å². The van der Waals surface area contributed by atoms with Gasteiger partial charge in [-0.15, -0.1) is 0 Å². The van der Waals surface area contributed by atoms with E-state index in [0.29, 0.717) is 0 Å². The lowest BCUT2D eigenvalue weighted by Gasteiger charge is -2.33. The van der Waals surface area contributed by atoms with Crippen LogP contribution in [0.25, 0.3) is 0 Å². The van der Waals surface area contributed by atoms with Crippen molar-refractivity contribution >= 4 is 0 Å². The van der Waals surface area contributed by atoms with Gasteiger partial charge in [-0.1, -0.05) is 0 Å². The monoisotopic (exact) mass is 269 g/mol. The number of nitrogens with one attached hydrogen (secondary N) is 1. The molecule has 4 heteroatoms. The Hall–Kier alpha value is -0.160. The average Bonchev–Trinajstić information content (AvgIpc) is 2.93. The molecule has 0 aromatic carbocycles. The van der Waals surface area contributed by atoms with Gasteiger partial charge in [0.05, 0.1) is 6.61 Å². The van der Waals surface area contributed by atoms with Crippen molar-refractivity contribution in [2.45, 2.75) is 25.7 Å². The Morgan fingerprint density at radius 3 is 2.42 bits per heavy atom. The standard InChI is InChI=1S/C15H31N3O/c1-19-13-7-16-6-12-17-10-4-15(5-11-17)14-18-8-2-3-9-18/h15-16H,2-14H2,1H3. The van der Waals surface area contributed by atoms with Crippen molar-refractivity contribution < 1.29 is 4.74 Å². The van der Waals surface area contributed by atoms with Crippen molar-refractivity contribution in [1.82, 2.24) is 15.1 Å². The fourth-order valence-corrected chi connectivity index (χ4v) is 3.26. The molecule has 1 N–H and O–H groups in total. The lowest BCUT2D eigenvalue weighted by molar-refractivity contribution is 0.152. The fourth-order valence-electron chi connectivity index (χ4n) is 3.26. The van der Waals surface area contributed by atoms with E-state index < -0.39 is 0 Å². The number of likely N-dealkylation sites (tertiary alicyclic amines) is 2. The molecule has 0 aromatic heterocycles. The topological polar surface area (TPSA) is 27.7 Å². The molecular formula is C15H31N3O. The molecule has 19 heavy (non-hydrogen) atoms. The molecule has 0 aliphatic carbocycles. The second-order valence-electron chi connectivity index (χ2n) is 6.04. The molecule has 0 spiro atoms. The molecule has 0 amide bonds. The van der Waals surface area contributed by atoms with E-state index in [-0.39, 0.29) is 0 Å². The van der Waals surface area contributed by atoms with Gasteiger partial charge in [-0.25, -0.2) is 0 Å². The Kier molecular flexibility index (Phi) is 7.14. The number of hydrogen-bond acceptors (Lipinski definition) is 4. The van der Waals surface area contributed by atoms with E-state index in [1.165, 1.54) is 65.0 Å². The van der Waals surface area contributed by atoms with Crippen molar-refractivity contribution in [3.8, 4) is 0 Å². The minimum Gasteiger partial charge on any atom is -0.383 e. The molecule has 2 heterocycles. The summed E-state index contributed by atoms with van der Waals surface area (Å²) in [6.45, 7) is 10.7. The zero-order valence-electron chi connectivity index (χ0n) is 12.6. The van der Waals surface area contributed by atoms with Crippen LogP contribution in [0.15, 0.2) is 0 Å². The highest BCUT2D eigenvalue weighted by Gasteiger charge is 2.22. The highest BCUT2D eigenvalue weighted by atomic mass is 16.5. The summed E-state index contributed by atoms with van der Waals surface area (Å²) >= 11 is 0. The van der Waals surface area contributed by atoms with Crippen LogP contribution in [0.4, 0.5) is 0 Å². The predicted molar refractivity (Wildman–Crippen MR) is 79.6 cm³/mol. The number of methoxy groups -OCH3 is 1. The van der Waals surface area contributed by atoms with Gasteiger partial charge < -0.3 is 19.9 Å². The second kappa shape index (κ2) is 8.90. The SMILES string of the molecule is COCCNCCN1CCC(CN2CCCC2)CC1. The van der Waals surface area contributed by atoms with Crippen molar-refractivity contribution in [3.05, 3.63) is 0 Å². The summed E-state index contributed by atoms with van der Waals surface area (Å²) < 4.78 is 5.03. The van der Waals surface area contributed by atoms with Gasteiger partial charge in [0.25, 0.3) is 0 Å². The van der Waals surface area contributed by atoms with Gasteiger partial charge in [-0.3, -0.25) is 0 Å². The van der Waals surface area contributed by atoms with E-state index in [9.17, 15) is 0 Å². The van der Waals surface area contributed by atoms with E-state index in [4.69, 9.17) is 4.74 Å². The summed E-state index contributed by atoms with van der Waals surface area (Å²) in [5.74, 6) is 0.954. The van der Waals surface area contributed by atoms with Crippen molar-refractivity contribution in [3.63, 3.8) is 0 Å². The predicted octanol–water partition coefficient (Wildman–Crippen LogP) is 1.03. The summed E-state index contributed by atoms with van der Waals surface area (Å²) in [6.07, 6.45) is 5.64. The van der Waals surface area contributed by atoms with Gasteiger partial charge in [0.1, 0.15) is 0 Å². The van der Waals surface area contributed by atoms with Crippen LogP contribution in [0.1, 0.15) is 25.7 Å². The third kappa shape index (κ3) is 5.78. The Balaban J connectivity index is 1.50. The van der Waals surface area contributed by atoms with E-state index in [2.05, 4.69) is 15.1 Å². The molecule has 2 aliphatic rings. The normalized spacial score (nSPS) is 23.2. The molecule has 2 fully saturated rings. The molecule has 2 saturated heterocycles. The third-order valence-electron chi connectivity index (χ3n) is 4.51. The van der Waals surface area contributed by atoms with E-state index >= 15 is 0 Å². The fraction of sp³-hybridized carbons (Fsp3) is 1.00. The van der Waals surface area contributed by atoms with Crippen molar-refractivity contribution in [1.29, 1.82) is 0 Å². The van der Waals surface area contributed by atoms with Crippen molar-refractivity contribution in [2.75, 3.05) is 66.1 Å². The number of nitrogens with zero attached hydrogens (tertiary/aromatic N) is 2. The van der Waals surface area contributed by atoms with E-state index in [0.717, 1.165) is 25.6 Å². The van der Waals surface area contributed by atoms with E-state index in [1.807, 2.05) is 0 Å². The maximum Gasteiger partial charge on any atom is 0.0587 e. The van der Waals surface area contributed by atoms with Gasteiger partial charge in [0.2, 0.25) is 0 Å². The molecule has 0 radical (unpaired) electrons. The minimum atomic E-state index is 0.817. The summed E-state index contributed by atoms with van der Waals surface area (Å²) in [6, 6.07) is 0. The molecule has 4 nitrogen and oxygen atoms in total. The Morgan fingerprint density at radius 1 is 1.00 bits per heavy atom. The largest absolute Gasteiger partial charge is 0.383 e. The lowest BCUT2D eigenvalue weighted by Crippen LogP contribution is -2.41. The van der Waals surface area contributed by atoms with Crippen LogP contribution in [0.3, 0.4) is 0 Å². The highest BCUT2D eigenvalue weighted by Crippen LogP contribution is 2.20. The zero-order chi connectivity index (χ0) is 13.3. The molecule has 2 aliphatic heterocycles. The van der Waals surface area contributed by atoms with Crippen LogP contribution in [0, 0.1) is 5.92 Å². The van der Waals surface area contributed by atoms with Crippen LogP contribution >= 0.6 is 0 Å². The molecule has 0 bridgehead atoms. The quantitative estimate of drug-likeness (QED) is 0.666. The zero-order valence-corrected chi connectivity index (χ0v) is 12.6. The summed E-state index contributed by atoms with van der Waals surface area (Å²) in [5, 5.41) is 3.43. The Bertz CT molecular complexity index is 223. The maximum absolute atomic E-state index is 5.03. The summed E-state index contributed by atoms with van der Waals surface area (Å²) in [7, 11) is 1.76. The number of rotatable bonds is 8. The van der Waals surface area contributed by atoms with Gasteiger partial charge in [0, 0.05) is 33.3 Å². The van der Waals surface area contributed by atoms with Gasteiger partial charge in [-0.05, 0) is 57.8 Å². The first-order valence-electron chi connectivity index (χ1n) is 8.03. The molecule has 0 unspecified atom stereocenters. The molecule has 0 saturated carbocycles.